The maximum atomic E-state index is 14.5. The number of piperazine rings is 1. The maximum absolute atomic E-state index is 14.5. The molecule has 0 unspecified atom stereocenters. The van der Waals surface area contributed by atoms with Gasteiger partial charge in [0.05, 0.1) is 0 Å². The predicted octanol–water partition coefficient (Wildman–Crippen LogP) is 1.14. The summed E-state index contributed by atoms with van der Waals surface area (Å²) < 4.78 is 50.7. The molecule has 1 atom stereocenters. The molecule has 0 radical (unpaired) electrons. The summed E-state index contributed by atoms with van der Waals surface area (Å²) in [5.41, 5.74) is -0.0159. The molecule has 0 aromatic carbocycles. The molecular weight excluding hydrogens is 396 g/mol. The minimum atomic E-state index is -3.09. The molecular formula is C19H23F2N7O2. The lowest BCUT2D eigenvalue weighted by molar-refractivity contribution is -0.131. The molecule has 0 saturated carbocycles. The molecule has 9 nitrogen and oxygen atoms in total. The van der Waals surface area contributed by atoms with E-state index >= 15 is 0 Å². The van der Waals surface area contributed by atoms with Crippen molar-refractivity contribution in [3.63, 3.8) is 0 Å². The van der Waals surface area contributed by atoms with E-state index < -0.39 is 30.5 Å². The van der Waals surface area contributed by atoms with Crippen LogP contribution in [0.5, 0.6) is 0 Å². The van der Waals surface area contributed by atoms with Crippen LogP contribution in [0.15, 0.2) is 4.52 Å². The van der Waals surface area contributed by atoms with E-state index in [2.05, 4.69) is 25.4 Å². The van der Waals surface area contributed by atoms with Gasteiger partial charge in [0.2, 0.25) is 23.6 Å². The molecule has 11 heteroatoms. The van der Waals surface area contributed by atoms with E-state index in [0.717, 1.165) is 6.42 Å². The molecule has 0 spiro atoms. The lowest BCUT2D eigenvalue weighted by Gasteiger charge is -2.39. The highest BCUT2D eigenvalue weighted by atomic mass is 19.3. The lowest BCUT2D eigenvalue weighted by atomic mass is 10.1. The van der Waals surface area contributed by atoms with Crippen LogP contribution in [0.2, 0.25) is 0 Å². The number of alkyl halides is 2. The monoisotopic (exact) mass is 421 g/mol. The van der Waals surface area contributed by atoms with Crippen molar-refractivity contribution in [2.75, 3.05) is 37.6 Å². The average Bonchev–Trinajstić information content (AvgIpc) is 3.38. The molecule has 1 aliphatic carbocycles. The van der Waals surface area contributed by atoms with Gasteiger partial charge >= 0.3 is 0 Å². The van der Waals surface area contributed by atoms with Gasteiger partial charge in [0.25, 0.3) is 5.92 Å². The van der Waals surface area contributed by atoms with Gasteiger partial charge in [-0.1, -0.05) is 5.16 Å². The Kier molecular flexibility index (Phi) is 4.10. The number of fused-ring (bicyclic) bond motifs is 1. The van der Waals surface area contributed by atoms with Crippen molar-refractivity contribution in [2.45, 2.75) is 44.5 Å². The summed E-state index contributed by atoms with van der Waals surface area (Å²) in [4.78, 5) is 28.6. The van der Waals surface area contributed by atoms with E-state index in [1.807, 2.05) is 11.8 Å². The van der Waals surface area contributed by atoms with Gasteiger partial charge in [-0.25, -0.2) is 9.97 Å². The SMILES string of the molecule is [2H]C([2H])(C(=O)N1CCNCC1)c1nc(-c2nc(N3CC[C@@H]3C)nc3c2CCC3(F)F)no1. The summed E-state index contributed by atoms with van der Waals surface area (Å²) in [6.45, 7) is 4.48. The van der Waals surface area contributed by atoms with Crippen LogP contribution in [-0.4, -0.2) is 69.7 Å². The van der Waals surface area contributed by atoms with E-state index in [0.29, 0.717) is 32.7 Å². The van der Waals surface area contributed by atoms with Crippen LogP contribution < -0.4 is 10.2 Å². The summed E-state index contributed by atoms with van der Waals surface area (Å²) in [6, 6.07) is 0.127. The van der Waals surface area contributed by atoms with Crippen molar-refractivity contribution in [3.05, 3.63) is 17.1 Å². The number of anilines is 1. The number of amides is 1. The standard InChI is InChI=1S/C19H23F2N7O2/c1-11-3-7-28(11)18-24-15(12-2-4-19(20,21)16(12)25-18)17-23-13(30-26-17)10-14(29)27-8-5-22-6-9-27/h11,22H,2-10H2,1H3/t11-/m0/s1/i10D2. The van der Waals surface area contributed by atoms with E-state index in [4.69, 9.17) is 7.26 Å². The minimum absolute atomic E-state index is 0.0456. The molecule has 4 heterocycles. The van der Waals surface area contributed by atoms with Gasteiger partial charge in [-0.15, -0.1) is 0 Å². The highest BCUT2D eigenvalue weighted by molar-refractivity contribution is 5.78. The number of nitrogens with one attached hydrogen (secondary N) is 1. The van der Waals surface area contributed by atoms with Gasteiger partial charge in [-0.3, -0.25) is 4.79 Å². The van der Waals surface area contributed by atoms with Crippen molar-refractivity contribution < 1.29 is 20.8 Å². The topological polar surface area (TPSA) is 100 Å². The Morgan fingerprint density at radius 1 is 1.30 bits per heavy atom. The number of carbonyl (C=O) groups is 1. The Hall–Kier alpha value is -2.69. The van der Waals surface area contributed by atoms with Gasteiger partial charge in [0.15, 0.2) is 0 Å². The molecule has 1 N–H and O–H groups in total. The normalized spacial score (nSPS) is 24.2. The van der Waals surface area contributed by atoms with Crippen LogP contribution in [0.25, 0.3) is 11.5 Å². The molecule has 2 fully saturated rings. The molecule has 5 rings (SSSR count). The van der Waals surface area contributed by atoms with Crippen LogP contribution in [0.1, 0.15) is 39.7 Å². The van der Waals surface area contributed by atoms with Crippen molar-refractivity contribution >= 4 is 11.9 Å². The zero-order chi connectivity index (χ0) is 22.7. The third-order valence-electron chi connectivity index (χ3n) is 5.86. The molecule has 1 amide bonds. The third-order valence-corrected chi connectivity index (χ3v) is 5.86. The van der Waals surface area contributed by atoms with Crippen LogP contribution in [0.3, 0.4) is 0 Å². The molecule has 0 bridgehead atoms. The Balaban J connectivity index is 1.51. The van der Waals surface area contributed by atoms with Crippen LogP contribution >= 0.6 is 0 Å². The Labute approximate surface area is 174 Å². The summed E-state index contributed by atoms with van der Waals surface area (Å²) in [5.74, 6) is -4.33. The number of carbonyl (C=O) groups excluding carboxylic acids is 1. The Bertz CT molecular complexity index is 1060. The second-order valence-electron chi connectivity index (χ2n) is 7.83. The molecule has 2 aromatic heterocycles. The second-order valence-corrected chi connectivity index (χ2v) is 7.83. The first-order valence-corrected chi connectivity index (χ1v) is 10.1. The number of hydrogen-bond donors (Lipinski definition) is 1. The first-order chi connectivity index (χ1) is 15.2. The molecule has 3 aliphatic rings. The van der Waals surface area contributed by atoms with Crippen LogP contribution in [0.4, 0.5) is 14.7 Å². The van der Waals surface area contributed by atoms with E-state index in [1.165, 1.54) is 4.90 Å². The summed E-state index contributed by atoms with van der Waals surface area (Å²) in [5, 5.41) is 6.90. The van der Waals surface area contributed by atoms with E-state index in [-0.39, 0.29) is 41.2 Å². The summed E-state index contributed by atoms with van der Waals surface area (Å²) in [7, 11) is 0. The van der Waals surface area contributed by atoms with E-state index in [9.17, 15) is 13.6 Å². The smallest absolute Gasteiger partial charge is 0.290 e. The zero-order valence-electron chi connectivity index (χ0n) is 18.5. The fraction of sp³-hybridized carbons (Fsp3) is 0.632. The molecule has 30 heavy (non-hydrogen) atoms. The number of hydrogen-bond acceptors (Lipinski definition) is 8. The number of rotatable bonds is 4. The molecule has 160 valence electrons. The summed E-state index contributed by atoms with van der Waals surface area (Å²) >= 11 is 0. The Morgan fingerprint density at radius 2 is 2.10 bits per heavy atom. The number of aromatic nitrogens is 4. The first-order valence-electron chi connectivity index (χ1n) is 11.1. The summed E-state index contributed by atoms with van der Waals surface area (Å²) in [6.07, 6.45) is -1.98. The Morgan fingerprint density at radius 3 is 2.80 bits per heavy atom. The molecule has 2 aromatic rings. The predicted molar refractivity (Wildman–Crippen MR) is 102 cm³/mol. The molecule has 2 aliphatic heterocycles. The van der Waals surface area contributed by atoms with Crippen molar-refractivity contribution in [1.82, 2.24) is 30.3 Å². The minimum Gasteiger partial charge on any atom is -0.340 e. The first kappa shape index (κ1) is 17.0. The highest BCUT2D eigenvalue weighted by Gasteiger charge is 2.44. The van der Waals surface area contributed by atoms with Crippen molar-refractivity contribution in [2.24, 2.45) is 0 Å². The fourth-order valence-electron chi connectivity index (χ4n) is 3.95. The quantitative estimate of drug-likeness (QED) is 0.785. The number of nitrogens with zero attached hydrogens (tertiary/aromatic N) is 6. The molecule has 2 saturated heterocycles. The van der Waals surface area contributed by atoms with Gasteiger partial charge in [0.1, 0.15) is 17.8 Å². The van der Waals surface area contributed by atoms with Crippen LogP contribution in [-0.2, 0) is 23.5 Å². The lowest BCUT2D eigenvalue weighted by Crippen LogP contribution is -2.47. The van der Waals surface area contributed by atoms with Crippen molar-refractivity contribution in [3.8, 4) is 11.5 Å². The largest absolute Gasteiger partial charge is 0.340 e. The fourth-order valence-corrected chi connectivity index (χ4v) is 3.95. The van der Waals surface area contributed by atoms with Gasteiger partial charge in [-0.2, -0.15) is 13.8 Å². The highest BCUT2D eigenvalue weighted by Crippen LogP contribution is 2.44. The number of halogens is 2. The average molecular weight is 421 g/mol. The van der Waals surface area contributed by atoms with Crippen LogP contribution in [0, 0.1) is 0 Å². The second kappa shape index (κ2) is 7.22. The maximum Gasteiger partial charge on any atom is 0.290 e. The van der Waals surface area contributed by atoms with Crippen molar-refractivity contribution in [1.29, 1.82) is 0 Å². The van der Waals surface area contributed by atoms with Gasteiger partial charge in [-0.05, 0) is 19.8 Å². The third kappa shape index (κ3) is 3.30. The zero-order valence-corrected chi connectivity index (χ0v) is 16.5. The van der Waals surface area contributed by atoms with E-state index in [1.54, 1.807) is 0 Å². The van der Waals surface area contributed by atoms with Gasteiger partial charge < -0.3 is 19.6 Å². The van der Waals surface area contributed by atoms with Gasteiger partial charge in [0, 0.05) is 53.5 Å².